The molecule has 2 atom stereocenters. The summed E-state index contributed by atoms with van der Waals surface area (Å²) in [6, 6.07) is 9.88. The van der Waals surface area contributed by atoms with Crippen molar-refractivity contribution < 1.29 is 24.5 Å². The van der Waals surface area contributed by atoms with Gasteiger partial charge in [-0.3, -0.25) is 9.59 Å². The van der Waals surface area contributed by atoms with Crippen LogP contribution in [-0.2, 0) is 20.9 Å². The molecule has 29 heavy (non-hydrogen) atoms. The molecule has 1 aliphatic carbocycles. The molecule has 0 spiro atoms. The van der Waals surface area contributed by atoms with Gasteiger partial charge in [-0.2, -0.15) is 0 Å². The van der Waals surface area contributed by atoms with Crippen molar-refractivity contribution in [2.45, 2.75) is 67.4 Å². The first-order chi connectivity index (χ1) is 13.3. The number of aliphatic carboxylic acids is 2. The van der Waals surface area contributed by atoms with Crippen LogP contribution in [0.25, 0.3) is 0 Å². The third-order valence-electron chi connectivity index (χ3n) is 6.95. The highest BCUT2D eigenvalue weighted by atomic mass is 16.5. The molecule has 0 aromatic heterocycles. The molecule has 2 rings (SSSR count). The number of carbonyl (C=O) groups is 2. The van der Waals surface area contributed by atoms with Gasteiger partial charge in [0, 0.05) is 12.0 Å². The van der Waals surface area contributed by atoms with Gasteiger partial charge in [0.1, 0.15) is 0 Å². The molecule has 0 heterocycles. The highest BCUT2D eigenvalue weighted by molar-refractivity contribution is 6.01. The number of benzene rings is 1. The number of hydrogen-bond acceptors (Lipinski definition) is 3. The summed E-state index contributed by atoms with van der Waals surface area (Å²) < 4.78 is 5.81. The second kappa shape index (κ2) is 8.10. The molecular formula is C24H36O5. The van der Waals surface area contributed by atoms with E-state index in [9.17, 15) is 19.8 Å². The van der Waals surface area contributed by atoms with Crippen LogP contribution in [0.3, 0.4) is 0 Å². The van der Waals surface area contributed by atoms with Crippen LogP contribution in [0.1, 0.15) is 66.4 Å². The van der Waals surface area contributed by atoms with Crippen molar-refractivity contribution in [3.63, 3.8) is 0 Å². The van der Waals surface area contributed by atoms with Gasteiger partial charge < -0.3 is 14.9 Å². The fourth-order valence-electron chi connectivity index (χ4n) is 5.66. The average Bonchev–Trinajstić information content (AvgIpc) is 2.55. The smallest absolute Gasteiger partial charge is 0.321 e. The third-order valence-corrected chi connectivity index (χ3v) is 6.95. The van der Waals surface area contributed by atoms with E-state index < -0.39 is 28.2 Å². The molecule has 2 unspecified atom stereocenters. The summed E-state index contributed by atoms with van der Waals surface area (Å²) in [6.07, 6.45) is 1.30. The molecular weight excluding hydrogens is 368 g/mol. The SMILES string of the molecule is CC(C)(C)C1CC(C(=O)O)(C(=O)O)C1(CCCOCc1ccccc1)C(C)(C)C. The molecule has 0 saturated heterocycles. The summed E-state index contributed by atoms with van der Waals surface area (Å²) in [5.74, 6) is -2.44. The maximum absolute atomic E-state index is 12.3. The Morgan fingerprint density at radius 3 is 2.03 bits per heavy atom. The van der Waals surface area contributed by atoms with Crippen LogP contribution in [0.2, 0.25) is 0 Å². The molecule has 162 valence electrons. The van der Waals surface area contributed by atoms with Gasteiger partial charge in [0.05, 0.1) is 6.61 Å². The molecule has 2 N–H and O–H groups in total. The predicted octanol–water partition coefficient (Wildman–Crippen LogP) is 5.24. The van der Waals surface area contributed by atoms with E-state index in [1.807, 2.05) is 51.1 Å². The van der Waals surface area contributed by atoms with E-state index in [1.165, 1.54) is 0 Å². The molecule has 0 amide bonds. The van der Waals surface area contributed by atoms with Gasteiger partial charge in [0.2, 0.25) is 0 Å². The minimum atomic E-state index is -1.76. The highest BCUT2D eigenvalue weighted by Crippen LogP contribution is 2.74. The van der Waals surface area contributed by atoms with Gasteiger partial charge in [0.25, 0.3) is 0 Å². The number of carboxylic acid groups (broad SMARTS) is 2. The first-order valence-corrected chi connectivity index (χ1v) is 10.4. The third kappa shape index (κ3) is 3.94. The molecule has 1 aromatic carbocycles. The molecule has 1 aromatic rings. The minimum Gasteiger partial charge on any atom is -0.480 e. The zero-order valence-corrected chi connectivity index (χ0v) is 18.6. The van der Waals surface area contributed by atoms with E-state index in [0.29, 0.717) is 26.1 Å². The van der Waals surface area contributed by atoms with Crippen molar-refractivity contribution >= 4 is 11.9 Å². The van der Waals surface area contributed by atoms with E-state index in [0.717, 1.165) is 5.56 Å². The summed E-state index contributed by atoms with van der Waals surface area (Å²) in [5, 5.41) is 20.2. The lowest BCUT2D eigenvalue weighted by molar-refractivity contribution is -0.254. The summed E-state index contributed by atoms with van der Waals surface area (Å²) in [4.78, 5) is 24.7. The Morgan fingerprint density at radius 2 is 1.59 bits per heavy atom. The maximum atomic E-state index is 12.3. The van der Waals surface area contributed by atoms with Crippen molar-refractivity contribution in [2.75, 3.05) is 6.61 Å². The van der Waals surface area contributed by atoms with Crippen molar-refractivity contribution in [3.8, 4) is 0 Å². The Kier molecular flexibility index (Phi) is 6.53. The van der Waals surface area contributed by atoms with Gasteiger partial charge in [-0.1, -0.05) is 71.9 Å². The summed E-state index contributed by atoms with van der Waals surface area (Å²) in [5.41, 5.74) is -2.21. The number of ether oxygens (including phenoxy) is 1. The van der Waals surface area contributed by atoms with E-state index in [4.69, 9.17) is 4.74 Å². The summed E-state index contributed by atoms with van der Waals surface area (Å²) >= 11 is 0. The summed E-state index contributed by atoms with van der Waals surface area (Å²) in [7, 11) is 0. The molecule has 0 aliphatic heterocycles. The number of carboxylic acids is 2. The largest absolute Gasteiger partial charge is 0.480 e. The lowest BCUT2D eigenvalue weighted by Gasteiger charge is -2.69. The summed E-state index contributed by atoms with van der Waals surface area (Å²) in [6.45, 7) is 13.2. The Hall–Kier alpha value is -1.88. The van der Waals surface area contributed by atoms with Gasteiger partial charge in [-0.25, -0.2) is 0 Å². The Balaban J connectivity index is 2.26. The van der Waals surface area contributed by atoms with Crippen LogP contribution in [0.4, 0.5) is 0 Å². The van der Waals surface area contributed by atoms with E-state index in [2.05, 4.69) is 20.8 Å². The molecule has 1 aliphatic rings. The van der Waals surface area contributed by atoms with Crippen LogP contribution >= 0.6 is 0 Å². The molecule has 1 saturated carbocycles. The number of hydrogen-bond donors (Lipinski definition) is 2. The van der Waals surface area contributed by atoms with Gasteiger partial charge in [0.15, 0.2) is 5.41 Å². The molecule has 0 bridgehead atoms. The monoisotopic (exact) mass is 404 g/mol. The van der Waals surface area contributed by atoms with E-state index >= 15 is 0 Å². The minimum absolute atomic E-state index is 0.00340. The molecule has 5 nitrogen and oxygen atoms in total. The maximum Gasteiger partial charge on any atom is 0.321 e. The predicted molar refractivity (Wildman–Crippen MR) is 112 cm³/mol. The zero-order valence-electron chi connectivity index (χ0n) is 18.6. The quantitative estimate of drug-likeness (QED) is 0.457. The fraction of sp³-hybridized carbons (Fsp3) is 0.667. The second-order valence-corrected chi connectivity index (χ2v) is 10.5. The van der Waals surface area contributed by atoms with Crippen LogP contribution in [0, 0.1) is 27.6 Å². The normalized spacial score (nSPS) is 24.0. The van der Waals surface area contributed by atoms with Crippen LogP contribution in [0.15, 0.2) is 30.3 Å². The second-order valence-electron chi connectivity index (χ2n) is 10.5. The van der Waals surface area contributed by atoms with Crippen LogP contribution in [0.5, 0.6) is 0 Å². The molecule has 5 heteroatoms. The molecule has 1 fully saturated rings. The lowest BCUT2D eigenvalue weighted by Crippen LogP contribution is -2.73. The van der Waals surface area contributed by atoms with Gasteiger partial charge in [-0.05, 0) is 41.6 Å². The van der Waals surface area contributed by atoms with Gasteiger partial charge >= 0.3 is 11.9 Å². The Bertz CT molecular complexity index is 712. The van der Waals surface area contributed by atoms with Crippen molar-refractivity contribution in [2.24, 2.45) is 27.6 Å². The average molecular weight is 405 g/mol. The first-order valence-electron chi connectivity index (χ1n) is 10.4. The lowest BCUT2D eigenvalue weighted by atomic mass is 9.32. The first kappa shape index (κ1) is 23.4. The Morgan fingerprint density at radius 1 is 1.03 bits per heavy atom. The van der Waals surface area contributed by atoms with Crippen molar-refractivity contribution in [1.82, 2.24) is 0 Å². The van der Waals surface area contributed by atoms with Crippen molar-refractivity contribution in [3.05, 3.63) is 35.9 Å². The fourth-order valence-corrected chi connectivity index (χ4v) is 5.66. The van der Waals surface area contributed by atoms with E-state index in [-0.39, 0.29) is 17.8 Å². The van der Waals surface area contributed by atoms with Gasteiger partial charge in [-0.15, -0.1) is 0 Å². The number of rotatable bonds is 8. The zero-order chi connectivity index (χ0) is 22.1. The van der Waals surface area contributed by atoms with Crippen LogP contribution in [-0.4, -0.2) is 28.8 Å². The topological polar surface area (TPSA) is 83.8 Å². The highest BCUT2D eigenvalue weighted by Gasteiger charge is 2.78. The molecule has 0 radical (unpaired) electrons. The van der Waals surface area contributed by atoms with Crippen LogP contribution < -0.4 is 0 Å². The Labute approximate surface area is 174 Å². The van der Waals surface area contributed by atoms with E-state index in [1.54, 1.807) is 0 Å². The standard InChI is InChI=1S/C24H36O5/c1-21(2,3)18-15-23(19(25)26,20(27)28)24(18,22(4,5)6)13-10-14-29-16-17-11-8-7-9-12-17/h7-9,11-12,18H,10,13-16H2,1-6H3,(H,25,26)(H,27,28). The van der Waals surface area contributed by atoms with Crippen molar-refractivity contribution in [1.29, 1.82) is 0 Å².